The third-order valence-electron chi connectivity index (χ3n) is 5.41. The molecule has 0 aromatic carbocycles. The Bertz CT molecular complexity index is 461. The van der Waals surface area contributed by atoms with Gasteiger partial charge in [-0.15, -0.1) is 0 Å². The summed E-state index contributed by atoms with van der Waals surface area (Å²) in [6, 6.07) is 0. The highest BCUT2D eigenvalue weighted by Crippen LogP contribution is 2.47. The smallest absolute Gasteiger partial charge is 0.183 e. The van der Waals surface area contributed by atoms with Crippen LogP contribution in [-0.4, -0.2) is 21.0 Å². The van der Waals surface area contributed by atoms with E-state index in [1.54, 1.807) is 5.57 Å². The van der Waals surface area contributed by atoms with E-state index in [4.69, 9.17) is 9.16 Å². The summed E-state index contributed by atoms with van der Waals surface area (Å²) in [6.45, 7) is 10.0. The third-order valence-corrected chi connectivity index (χ3v) is 6.48. The highest BCUT2D eigenvalue weighted by molar-refractivity contribution is 6.69. The quantitative estimate of drug-likeness (QED) is 0.518. The number of allylic oxidation sites excluding steroid dienone is 4. The molecule has 0 saturated heterocycles. The molecule has 2 nitrogen and oxygen atoms in total. The summed E-state index contributed by atoms with van der Waals surface area (Å²) < 4.78 is 12.5. The van der Waals surface area contributed by atoms with E-state index in [9.17, 15) is 0 Å². The molecule has 1 aliphatic heterocycles. The van der Waals surface area contributed by atoms with Gasteiger partial charge in [-0.2, -0.15) is 0 Å². The molecular weight excluding hydrogens is 288 g/mol. The van der Waals surface area contributed by atoms with Crippen LogP contribution >= 0.6 is 0 Å². The first-order chi connectivity index (χ1) is 10.4. The zero-order valence-electron chi connectivity index (χ0n) is 14.7. The number of rotatable bonds is 4. The van der Waals surface area contributed by atoms with E-state index >= 15 is 0 Å². The van der Waals surface area contributed by atoms with Crippen LogP contribution in [0.3, 0.4) is 0 Å². The van der Waals surface area contributed by atoms with Gasteiger partial charge in [0.25, 0.3) is 0 Å². The van der Waals surface area contributed by atoms with Crippen LogP contribution in [0.1, 0.15) is 45.4 Å². The van der Waals surface area contributed by atoms with Crippen molar-refractivity contribution in [2.75, 3.05) is 6.61 Å². The molecule has 0 amide bonds. The Kier molecular flexibility index (Phi) is 4.84. The molecule has 124 valence electrons. The maximum Gasteiger partial charge on any atom is 0.183 e. The number of hydrogen-bond acceptors (Lipinski definition) is 2. The van der Waals surface area contributed by atoms with Crippen LogP contribution in [0.25, 0.3) is 0 Å². The first-order valence-corrected chi connectivity index (χ1v) is 12.6. The van der Waals surface area contributed by atoms with Gasteiger partial charge in [0.2, 0.25) is 0 Å². The summed E-state index contributed by atoms with van der Waals surface area (Å²) in [5, 5.41) is 0. The van der Waals surface area contributed by atoms with E-state index in [0.29, 0.717) is 17.9 Å². The van der Waals surface area contributed by atoms with Crippen molar-refractivity contribution in [3.8, 4) is 0 Å². The Morgan fingerprint density at radius 1 is 1.18 bits per heavy atom. The van der Waals surface area contributed by atoms with E-state index < -0.39 is 8.32 Å². The molecule has 0 radical (unpaired) electrons. The standard InChI is InChI=1S/C19H32O2Si/c1-14-8-9-15-6-5-7-18-19(15)17(14)11-10-16(21-18)12-13-20-22(2,3)4/h8-9,14-17H,5-7,10-13H2,1-4H3/t14-,15+,16+,17-/m0/s1. The second kappa shape index (κ2) is 6.52. The van der Waals surface area contributed by atoms with E-state index in [0.717, 1.165) is 25.4 Å². The molecule has 0 fully saturated rings. The lowest BCUT2D eigenvalue weighted by molar-refractivity contribution is 0.0786. The largest absolute Gasteiger partial charge is 0.495 e. The summed E-state index contributed by atoms with van der Waals surface area (Å²) in [7, 11) is -1.40. The highest BCUT2D eigenvalue weighted by Gasteiger charge is 2.37. The highest BCUT2D eigenvalue weighted by atomic mass is 28.4. The van der Waals surface area contributed by atoms with E-state index in [2.05, 4.69) is 38.7 Å². The predicted octanol–water partition coefficient (Wildman–Crippen LogP) is 5.28. The van der Waals surface area contributed by atoms with Gasteiger partial charge < -0.3 is 9.16 Å². The van der Waals surface area contributed by atoms with Crippen molar-refractivity contribution >= 4 is 8.32 Å². The van der Waals surface area contributed by atoms with Crippen LogP contribution in [0.2, 0.25) is 19.6 Å². The van der Waals surface area contributed by atoms with Crippen LogP contribution in [0.4, 0.5) is 0 Å². The van der Waals surface area contributed by atoms with Crippen molar-refractivity contribution in [3.05, 3.63) is 23.5 Å². The second-order valence-electron chi connectivity index (χ2n) is 8.29. The average Bonchev–Trinajstić information content (AvgIpc) is 2.63. The molecule has 4 atom stereocenters. The van der Waals surface area contributed by atoms with Crippen molar-refractivity contribution in [1.29, 1.82) is 0 Å². The Balaban J connectivity index is 1.68. The summed E-state index contributed by atoms with van der Waals surface area (Å²) in [6.07, 6.45) is 12.6. The molecule has 0 aromatic heterocycles. The predicted molar refractivity (Wildman–Crippen MR) is 94.2 cm³/mol. The van der Waals surface area contributed by atoms with Crippen LogP contribution in [-0.2, 0) is 9.16 Å². The number of hydrogen-bond donors (Lipinski definition) is 0. The maximum absolute atomic E-state index is 6.50. The zero-order chi connectivity index (χ0) is 15.7. The summed E-state index contributed by atoms with van der Waals surface area (Å²) >= 11 is 0. The normalized spacial score (nSPS) is 34.9. The van der Waals surface area contributed by atoms with Gasteiger partial charge in [0, 0.05) is 25.4 Å². The van der Waals surface area contributed by atoms with Crippen molar-refractivity contribution in [2.45, 2.75) is 71.2 Å². The molecule has 0 aromatic rings. The van der Waals surface area contributed by atoms with Crippen molar-refractivity contribution < 1.29 is 9.16 Å². The van der Waals surface area contributed by atoms with Crippen molar-refractivity contribution in [3.63, 3.8) is 0 Å². The van der Waals surface area contributed by atoms with Crippen LogP contribution < -0.4 is 0 Å². The molecule has 0 saturated carbocycles. The van der Waals surface area contributed by atoms with Gasteiger partial charge in [-0.05, 0) is 62.7 Å². The molecule has 1 heterocycles. The summed E-state index contributed by atoms with van der Waals surface area (Å²) in [5.41, 5.74) is 1.66. The fraction of sp³-hybridized carbons (Fsp3) is 0.789. The summed E-state index contributed by atoms with van der Waals surface area (Å²) in [5.74, 6) is 3.43. The Morgan fingerprint density at radius 2 is 2.00 bits per heavy atom. The molecule has 3 rings (SSSR count). The average molecular weight is 321 g/mol. The fourth-order valence-corrected chi connectivity index (χ4v) is 5.00. The molecule has 0 N–H and O–H groups in total. The zero-order valence-corrected chi connectivity index (χ0v) is 15.7. The summed E-state index contributed by atoms with van der Waals surface area (Å²) in [4.78, 5) is 0. The SMILES string of the molecule is C[C@H]1C=C[C@H]2CCCC3=C2[C@H]1CC[C@H](CCO[Si](C)(C)C)O3. The molecule has 0 spiro atoms. The first kappa shape index (κ1) is 16.3. The molecule has 22 heavy (non-hydrogen) atoms. The van der Waals surface area contributed by atoms with Crippen molar-refractivity contribution in [2.24, 2.45) is 17.8 Å². The van der Waals surface area contributed by atoms with E-state index in [1.165, 1.54) is 31.4 Å². The van der Waals surface area contributed by atoms with Gasteiger partial charge >= 0.3 is 0 Å². The Hall–Kier alpha value is -0.543. The fourth-order valence-electron chi connectivity index (χ4n) is 4.27. The van der Waals surface area contributed by atoms with Crippen LogP contribution in [0.5, 0.6) is 0 Å². The van der Waals surface area contributed by atoms with Gasteiger partial charge in [-0.3, -0.25) is 0 Å². The van der Waals surface area contributed by atoms with Crippen molar-refractivity contribution in [1.82, 2.24) is 0 Å². The second-order valence-corrected chi connectivity index (χ2v) is 12.8. The topological polar surface area (TPSA) is 18.5 Å². The lowest BCUT2D eigenvalue weighted by atomic mass is 9.69. The van der Waals surface area contributed by atoms with E-state index in [-0.39, 0.29) is 0 Å². The molecule has 2 aliphatic carbocycles. The minimum atomic E-state index is -1.40. The van der Waals surface area contributed by atoms with Crippen LogP contribution in [0, 0.1) is 17.8 Å². The molecule has 0 bridgehead atoms. The molecule has 3 aliphatic rings. The lowest BCUT2D eigenvalue weighted by Crippen LogP contribution is -2.27. The molecule has 0 unspecified atom stereocenters. The van der Waals surface area contributed by atoms with Crippen LogP contribution in [0.15, 0.2) is 23.5 Å². The minimum absolute atomic E-state index is 0.371. The molecule has 3 heteroatoms. The van der Waals surface area contributed by atoms with E-state index in [1.807, 2.05) is 0 Å². The minimum Gasteiger partial charge on any atom is -0.495 e. The number of ether oxygens (including phenoxy) is 1. The lowest BCUT2D eigenvalue weighted by Gasteiger charge is -2.36. The maximum atomic E-state index is 6.50. The van der Waals surface area contributed by atoms with Gasteiger partial charge in [0.05, 0.1) is 5.76 Å². The third kappa shape index (κ3) is 3.68. The Labute approximate surface area is 137 Å². The monoisotopic (exact) mass is 320 g/mol. The van der Waals surface area contributed by atoms with Gasteiger partial charge in [-0.25, -0.2) is 0 Å². The first-order valence-electron chi connectivity index (χ1n) is 9.16. The Morgan fingerprint density at radius 3 is 2.77 bits per heavy atom. The van der Waals surface area contributed by atoms with Gasteiger partial charge in [0.15, 0.2) is 8.32 Å². The van der Waals surface area contributed by atoms with Gasteiger partial charge in [-0.1, -0.05) is 19.1 Å². The van der Waals surface area contributed by atoms with Gasteiger partial charge in [0.1, 0.15) is 6.10 Å². The molecular formula is C19H32O2Si.